The summed E-state index contributed by atoms with van der Waals surface area (Å²) in [5.74, 6) is -0.00341. The molecule has 0 amide bonds. The maximum Gasteiger partial charge on any atom is 0.239 e. The van der Waals surface area contributed by atoms with Crippen LogP contribution in [-0.2, 0) is 4.43 Å². The quantitative estimate of drug-likeness (QED) is 0.394. The molecule has 114 valence electrons. The number of rotatable bonds is 7. The molecule has 0 fully saturated rings. The molecular formula is C14H31NO3Si. The molecule has 0 N–H and O–H groups in total. The van der Waals surface area contributed by atoms with Crippen molar-refractivity contribution < 1.29 is 9.35 Å². The molecule has 0 bridgehead atoms. The van der Waals surface area contributed by atoms with Gasteiger partial charge in [0.05, 0.1) is 0 Å². The summed E-state index contributed by atoms with van der Waals surface area (Å²) in [5, 5.41) is 11.4. The van der Waals surface area contributed by atoms with Crippen LogP contribution in [0.1, 0.15) is 54.4 Å². The Balaban J connectivity index is 5.16. The topological polar surface area (TPSA) is 52.4 Å². The predicted octanol–water partition coefficient (Wildman–Crippen LogP) is 4.48. The van der Waals surface area contributed by atoms with Crippen molar-refractivity contribution in [3.8, 4) is 0 Å². The molecular weight excluding hydrogens is 258 g/mol. The van der Waals surface area contributed by atoms with Gasteiger partial charge in [-0.05, 0) is 24.6 Å². The summed E-state index contributed by atoms with van der Waals surface area (Å²) >= 11 is 0. The molecule has 0 aromatic rings. The molecule has 0 aliphatic heterocycles. The second kappa shape index (κ2) is 6.84. The Morgan fingerprint density at radius 2 is 1.74 bits per heavy atom. The van der Waals surface area contributed by atoms with Crippen LogP contribution < -0.4 is 0 Å². The van der Waals surface area contributed by atoms with Gasteiger partial charge in [-0.15, -0.1) is 0 Å². The molecule has 0 radical (unpaired) electrons. The number of hydrogen-bond acceptors (Lipinski definition) is 3. The van der Waals surface area contributed by atoms with Crippen LogP contribution in [0.3, 0.4) is 0 Å². The fraction of sp³-hybridized carbons (Fsp3) is 1.00. The van der Waals surface area contributed by atoms with Gasteiger partial charge in [0.25, 0.3) is 0 Å². The minimum absolute atomic E-state index is 0.00341. The van der Waals surface area contributed by atoms with E-state index in [-0.39, 0.29) is 22.0 Å². The highest BCUT2D eigenvalue weighted by atomic mass is 28.4. The molecule has 2 atom stereocenters. The van der Waals surface area contributed by atoms with Gasteiger partial charge in [0, 0.05) is 10.8 Å². The van der Waals surface area contributed by atoms with Crippen molar-refractivity contribution in [2.24, 2.45) is 5.92 Å². The first kappa shape index (κ1) is 18.6. The molecule has 0 aliphatic rings. The summed E-state index contributed by atoms with van der Waals surface area (Å²) in [6, 6.07) is -0.603. The third kappa shape index (κ3) is 5.22. The van der Waals surface area contributed by atoms with Crippen molar-refractivity contribution in [1.29, 1.82) is 0 Å². The molecule has 4 nitrogen and oxygen atoms in total. The summed E-state index contributed by atoms with van der Waals surface area (Å²) < 4.78 is 6.32. The van der Waals surface area contributed by atoms with Gasteiger partial charge in [-0.3, -0.25) is 10.1 Å². The molecule has 0 rings (SSSR count). The number of nitro groups is 1. The minimum atomic E-state index is -1.96. The molecule has 0 aromatic carbocycles. The Kier molecular flexibility index (Phi) is 6.69. The van der Waals surface area contributed by atoms with E-state index in [4.69, 9.17) is 4.43 Å². The molecule has 5 heteroatoms. The monoisotopic (exact) mass is 289 g/mol. The van der Waals surface area contributed by atoms with Crippen molar-refractivity contribution in [3.05, 3.63) is 10.1 Å². The normalized spacial score (nSPS) is 16.5. The van der Waals surface area contributed by atoms with Crippen LogP contribution in [0.15, 0.2) is 0 Å². The van der Waals surface area contributed by atoms with Crippen molar-refractivity contribution >= 4 is 8.32 Å². The lowest BCUT2D eigenvalue weighted by molar-refractivity contribution is -0.542. The first-order valence-electron chi connectivity index (χ1n) is 7.25. The van der Waals surface area contributed by atoms with Crippen molar-refractivity contribution in [2.45, 2.75) is 84.7 Å². The fourth-order valence-electron chi connectivity index (χ4n) is 1.95. The average Bonchev–Trinajstić information content (AvgIpc) is 2.13. The molecule has 0 aromatic heterocycles. The van der Waals surface area contributed by atoms with E-state index in [0.717, 1.165) is 12.8 Å². The zero-order valence-electron chi connectivity index (χ0n) is 13.8. The first-order valence-corrected chi connectivity index (χ1v) is 10.2. The van der Waals surface area contributed by atoms with Gasteiger partial charge in [-0.25, -0.2) is 0 Å². The smallest absolute Gasteiger partial charge is 0.239 e. The molecule has 2 unspecified atom stereocenters. The Morgan fingerprint density at radius 3 is 2.00 bits per heavy atom. The molecule has 0 heterocycles. The standard InChI is InChI=1S/C14H31NO3Si/c1-9-10-12(13(11(2)3)15(16)17)18-19(7,8)14(4,5)6/h11-13H,9-10H2,1-8H3. The summed E-state index contributed by atoms with van der Waals surface area (Å²) in [5.41, 5.74) is 0. The van der Waals surface area contributed by atoms with Gasteiger partial charge in [0.15, 0.2) is 8.32 Å². The minimum Gasteiger partial charge on any atom is -0.407 e. The summed E-state index contributed by atoms with van der Waals surface area (Å²) in [6.07, 6.45) is 1.41. The fourth-order valence-corrected chi connectivity index (χ4v) is 3.32. The van der Waals surface area contributed by atoms with Gasteiger partial charge < -0.3 is 4.43 Å². The van der Waals surface area contributed by atoms with Crippen LogP contribution >= 0.6 is 0 Å². The summed E-state index contributed by atoms with van der Waals surface area (Å²) in [6.45, 7) is 16.7. The van der Waals surface area contributed by atoms with Crippen LogP contribution in [0.4, 0.5) is 0 Å². The maximum atomic E-state index is 11.3. The molecule has 0 saturated heterocycles. The largest absolute Gasteiger partial charge is 0.407 e. The summed E-state index contributed by atoms with van der Waals surface area (Å²) in [4.78, 5) is 11.2. The Labute approximate surface area is 119 Å². The lowest BCUT2D eigenvalue weighted by atomic mass is 9.96. The van der Waals surface area contributed by atoms with Gasteiger partial charge in [-0.1, -0.05) is 48.0 Å². The Bertz CT molecular complexity index is 298. The van der Waals surface area contributed by atoms with E-state index in [0.29, 0.717) is 0 Å². The molecule has 0 saturated carbocycles. The van der Waals surface area contributed by atoms with Gasteiger partial charge in [0.2, 0.25) is 6.04 Å². The Hall–Kier alpha value is -0.423. The lowest BCUT2D eigenvalue weighted by Crippen LogP contribution is -2.50. The van der Waals surface area contributed by atoms with Crippen LogP contribution in [0.2, 0.25) is 18.1 Å². The maximum absolute atomic E-state index is 11.3. The van der Waals surface area contributed by atoms with Crippen molar-refractivity contribution in [3.63, 3.8) is 0 Å². The highest BCUT2D eigenvalue weighted by Crippen LogP contribution is 2.38. The zero-order chi connectivity index (χ0) is 15.4. The zero-order valence-corrected chi connectivity index (χ0v) is 14.8. The van der Waals surface area contributed by atoms with Crippen LogP contribution in [0.5, 0.6) is 0 Å². The van der Waals surface area contributed by atoms with E-state index in [2.05, 4.69) is 40.8 Å². The van der Waals surface area contributed by atoms with Crippen molar-refractivity contribution in [1.82, 2.24) is 0 Å². The Morgan fingerprint density at radius 1 is 1.26 bits per heavy atom. The van der Waals surface area contributed by atoms with Crippen molar-refractivity contribution in [2.75, 3.05) is 0 Å². The highest BCUT2D eigenvalue weighted by Gasteiger charge is 2.44. The van der Waals surface area contributed by atoms with E-state index >= 15 is 0 Å². The van der Waals surface area contributed by atoms with E-state index in [1.54, 1.807) is 0 Å². The average molecular weight is 289 g/mol. The SMILES string of the molecule is CCCC(O[Si](C)(C)C(C)(C)C)C(C(C)C)[N+](=O)[O-]. The molecule has 0 spiro atoms. The van der Waals surface area contributed by atoms with Gasteiger partial charge >= 0.3 is 0 Å². The number of hydrogen-bond donors (Lipinski definition) is 0. The van der Waals surface area contributed by atoms with E-state index in [1.165, 1.54) is 0 Å². The second-order valence-corrected chi connectivity index (χ2v) is 12.0. The molecule has 0 aliphatic carbocycles. The van der Waals surface area contributed by atoms with Gasteiger partial charge in [0.1, 0.15) is 6.10 Å². The van der Waals surface area contributed by atoms with Crippen LogP contribution in [0, 0.1) is 16.0 Å². The third-order valence-corrected chi connectivity index (χ3v) is 8.64. The number of nitrogens with zero attached hydrogens (tertiary/aromatic N) is 1. The lowest BCUT2D eigenvalue weighted by Gasteiger charge is -2.40. The van der Waals surface area contributed by atoms with Crippen LogP contribution in [0.25, 0.3) is 0 Å². The second-order valence-electron chi connectivity index (χ2n) is 7.23. The van der Waals surface area contributed by atoms with Crippen LogP contribution in [-0.4, -0.2) is 25.4 Å². The van der Waals surface area contributed by atoms with E-state index in [1.807, 2.05) is 13.8 Å². The van der Waals surface area contributed by atoms with Gasteiger partial charge in [-0.2, -0.15) is 0 Å². The molecule has 19 heavy (non-hydrogen) atoms. The van der Waals surface area contributed by atoms with E-state index < -0.39 is 14.4 Å². The summed E-state index contributed by atoms with van der Waals surface area (Å²) in [7, 11) is -1.96. The first-order chi connectivity index (χ1) is 8.44. The van der Waals surface area contributed by atoms with E-state index in [9.17, 15) is 10.1 Å². The third-order valence-electron chi connectivity index (χ3n) is 4.13. The highest BCUT2D eigenvalue weighted by molar-refractivity contribution is 6.74. The predicted molar refractivity (Wildman–Crippen MR) is 82.6 cm³/mol.